The van der Waals surface area contributed by atoms with Crippen LogP contribution in [0.2, 0.25) is 0 Å². The molecule has 0 unspecified atom stereocenters. The van der Waals surface area contributed by atoms with Crippen LogP contribution < -0.4 is 20.3 Å². The molecule has 1 aromatic heterocycles. The van der Waals surface area contributed by atoms with E-state index >= 15 is 0 Å². The second-order valence-electron chi connectivity index (χ2n) is 5.66. The SMILES string of the molecule is COc1ccc(-n2nc(SCC(=O)Nc3ccccc3OC)ccc2=O)cc1. The van der Waals surface area contributed by atoms with Crippen LogP contribution in [-0.2, 0) is 4.79 Å². The van der Waals surface area contributed by atoms with Crippen LogP contribution in [0, 0.1) is 0 Å². The smallest absolute Gasteiger partial charge is 0.271 e. The highest BCUT2D eigenvalue weighted by molar-refractivity contribution is 7.99. The van der Waals surface area contributed by atoms with E-state index in [4.69, 9.17) is 9.47 Å². The number of nitrogens with zero attached hydrogens (tertiary/aromatic N) is 2. The summed E-state index contributed by atoms with van der Waals surface area (Å²) in [5, 5.41) is 7.70. The van der Waals surface area contributed by atoms with E-state index in [2.05, 4.69) is 10.4 Å². The lowest BCUT2D eigenvalue weighted by atomic mass is 10.3. The first-order valence-electron chi connectivity index (χ1n) is 8.41. The molecule has 0 saturated carbocycles. The molecule has 1 N–H and O–H groups in total. The van der Waals surface area contributed by atoms with Gasteiger partial charge in [-0.2, -0.15) is 9.78 Å². The standard InChI is InChI=1S/C20H19N3O4S/c1-26-15-9-7-14(8-10-15)23-20(25)12-11-19(22-23)28-13-18(24)21-16-5-3-4-6-17(16)27-2/h3-12H,13H2,1-2H3,(H,21,24). The van der Waals surface area contributed by atoms with Crippen molar-refractivity contribution < 1.29 is 14.3 Å². The Balaban J connectivity index is 1.69. The molecule has 0 saturated heterocycles. The molecule has 1 amide bonds. The fraction of sp³-hybridized carbons (Fsp3) is 0.150. The molecule has 144 valence electrons. The monoisotopic (exact) mass is 397 g/mol. The topological polar surface area (TPSA) is 82.5 Å². The summed E-state index contributed by atoms with van der Waals surface area (Å²) in [6, 6.07) is 17.2. The van der Waals surface area contributed by atoms with Crippen LogP contribution in [0.25, 0.3) is 5.69 Å². The maximum atomic E-state index is 12.2. The maximum Gasteiger partial charge on any atom is 0.271 e. The highest BCUT2D eigenvalue weighted by Crippen LogP contribution is 2.23. The summed E-state index contributed by atoms with van der Waals surface area (Å²) < 4.78 is 11.6. The number of para-hydroxylation sites is 2. The minimum atomic E-state index is -0.256. The maximum absolute atomic E-state index is 12.2. The van der Waals surface area contributed by atoms with E-state index in [-0.39, 0.29) is 17.2 Å². The molecule has 3 aromatic rings. The molecule has 2 aromatic carbocycles. The highest BCUT2D eigenvalue weighted by atomic mass is 32.2. The van der Waals surface area contributed by atoms with Gasteiger partial charge in [-0.3, -0.25) is 9.59 Å². The second-order valence-corrected chi connectivity index (χ2v) is 6.65. The van der Waals surface area contributed by atoms with E-state index in [1.54, 1.807) is 56.7 Å². The number of ether oxygens (including phenoxy) is 2. The van der Waals surface area contributed by atoms with Crippen LogP contribution in [0.15, 0.2) is 70.5 Å². The summed E-state index contributed by atoms with van der Waals surface area (Å²) in [6.07, 6.45) is 0. The van der Waals surface area contributed by atoms with Crippen molar-refractivity contribution in [2.24, 2.45) is 0 Å². The minimum Gasteiger partial charge on any atom is -0.497 e. The van der Waals surface area contributed by atoms with Crippen LogP contribution in [-0.4, -0.2) is 35.7 Å². The molecular formula is C20H19N3O4S. The summed E-state index contributed by atoms with van der Waals surface area (Å²) in [6.45, 7) is 0. The van der Waals surface area contributed by atoms with Crippen molar-refractivity contribution >= 4 is 23.4 Å². The van der Waals surface area contributed by atoms with Gasteiger partial charge in [0.15, 0.2) is 0 Å². The highest BCUT2D eigenvalue weighted by Gasteiger charge is 2.10. The molecule has 7 nitrogen and oxygen atoms in total. The fourth-order valence-corrected chi connectivity index (χ4v) is 3.11. The molecule has 28 heavy (non-hydrogen) atoms. The van der Waals surface area contributed by atoms with Gasteiger partial charge in [-0.1, -0.05) is 23.9 Å². The second kappa shape index (κ2) is 9.09. The zero-order valence-electron chi connectivity index (χ0n) is 15.4. The summed E-state index contributed by atoms with van der Waals surface area (Å²) >= 11 is 1.24. The molecule has 0 aliphatic carbocycles. The number of methoxy groups -OCH3 is 2. The predicted molar refractivity (Wildman–Crippen MR) is 109 cm³/mol. The van der Waals surface area contributed by atoms with Gasteiger partial charge in [0.25, 0.3) is 5.56 Å². The van der Waals surface area contributed by atoms with Gasteiger partial charge >= 0.3 is 0 Å². The number of carbonyl (C=O) groups excluding carboxylic acids is 1. The number of carbonyl (C=O) groups is 1. The van der Waals surface area contributed by atoms with Crippen molar-refractivity contribution in [2.45, 2.75) is 5.03 Å². The number of hydrogen-bond acceptors (Lipinski definition) is 6. The third-order valence-electron chi connectivity index (χ3n) is 3.83. The van der Waals surface area contributed by atoms with Gasteiger partial charge in [0.1, 0.15) is 16.5 Å². The van der Waals surface area contributed by atoms with Gasteiger partial charge < -0.3 is 14.8 Å². The first kappa shape index (κ1) is 19.5. The third-order valence-corrected chi connectivity index (χ3v) is 4.75. The van der Waals surface area contributed by atoms with Gasteiger partial charge in [-0.15, -0.1) is 0 Å². The Morgan fingerprint density at radius 1 is 1.04 bits per heavy atom. The van der Waals surface area contributed by atoms with E-state index < -0.39 is 0 Å². The van der Waals surface area contributed by atoms with Crippen molar-refractivity contribution in [2.75, 3.05) is 25.3 Å². The molecule has 0 fully saturated rings. The van der Waals surface area contributed by atoms with E-state index in [9.17, 15) is 9.59 Å². The number of amides is 1. The molecule has 0 radical (unpaired) electrons. The van der Waals surface area contributed by atoms with E-state index in [1.807, 2.05) is 12.1 Å². The molecule has 0 atom stereocenters. The molecular weight excluding hydrogens is 378 g/mol. The van der Waals surface area contributed by atoms with Crippen LogP contribution in [0.1, 0.15) is 0 Å². The lowest BCUT2D eigenvalue weighted by Gasteiger charge is -2.10. The number of aromatic nitrogens is 2. The average Bonchev–Trinajstić information content (AvgIpc) is 2.73. The Kier molecular flexibility index (Phi) is 6.33. The molecule has 0 aliphatic rings. The minimum absolute atomic E-state index is 0.145. The molecule has 3 rings (SSSR count). The molecule has 0 aliphatic heterocycles. The van der Waals surface area contributed by atoms with Gasteiger partial charge in [0.05, 0.1) is 31.3 Å². The first-order chi connectivity index (χ1) is 13.6. The van der Waals surface area contributed by atoms with E-state index in [0.29, 0.717) is 27.9 Å². The summed E-state index contributed by atoms with van der Waals surface area (Å²) in [7, 11) is 3.12. The van der Waals surface area contributed by atoms with Crippen LogP contribution >= 0.6 is 11.8 Å². The van der Waals surface area contributed by atoms with Gasteiger partial charge in [-0.25, -0.2) is 0 Å². The Labute approximate surface area is 166 Å². The molecule has 0 spiro atoms. The first-order valence-corrected chi connectivity index (χ1v) is 9.40. The van der Waals surface area contributed by atoms with Crippen LogP contribution in [0.5, 0.6) is 11.5 Å². The predicted octanol–water partition coefficient (Wildman–Crippen LogP) is 2.98. The fourth-order valence-electron chi connectivity index (χ4n) is 2.45. The molecule has 8 heteroatoms. The quantitative estimate of drug-likeness (QED) is 0.617. The van der Waals surface area contributed by atoms with Gasteiger partial charge in [-0.05, 0) is 42.5 Å². The number of nitrogens with one attached hydrogen (secondary N) is 1. The Morgan fingerprint density at radius 2 is 1.79 bits per heavy atom. The number of thioether (sulfide) groups is 1. The Bertz CT molecular complexity index is 1020. The van der Waals surface area contributed by atoms with Crippen LogP contribution in [0.4, 0.5) is 5.69 Å². The zero-order chi connectivity index (χ0) is 19.9. The van der Waals surface area contributed by atoms with E-state index in [1.165, 1.54) is 22.5 Å². The largest absolute Gasteiger partial charge is 0.497 e. The lowest BCUT2D eigenvalue weighted by Crippen LogP contribution is -2.20. The normalized spacial score (nSPS) is 10.4. The third kappa shape index (κ3) is 4.72. The van der Waals surface area contributed by atoms with Crippen LogP contribution in [0.3, 0.4) is 0 Å². The number of benzene rings is 2. The number of anilines is 1. The zero-order valence-corrected chi connectivity index (χ0v) is 16.2. The lowest BCUT2D eigenvalue weighted by molar-refractivity contribution is -0.113. The summed E-state index contributed by atoms with van der Waals surface area (Å²) in [5.41, 5.74) is 0.964. The Morgan fingerprint density at radius 3 is 2.50 bits per heavy atom. The van der Waals surface area contributed by atoms with Gasteiger partial charge in [0, 0.05) is 6.07 Å². The van der Waals surface area contributed by atoms with Crippen molar-refractivity contribution in [1.29, 1.82) is 0 Å². The summed E-state index contributed by atoms with van der Waals surface area (Å²) in [4.78, 5) is 24.4. The summed E-state index contributed by atoms with van der Waals surface area (Å²) in [5.74, 6) is 1.23. The number of rotatable bonds is 7. The van der Waals surface area contributed by atoms with Crippen molar-refractivity contribution in [3.05, 3.63) is 71.0 Å². The van der Waals surface area contributed by atoms with Crippen molar-refractivity contribution in [1.82, 2.24) is 9.78 Å². The van der Waals surface area contributed by atoms with Crippen molar-refractivity contribution in [3.8, 4) is 17.2 Å². The van der Waals surface area contributed by atoms with Gasteiger partial charge in [0.2, 0.25) is 5.91 Å². The average molecular weight is 397 g/mol. The van der Waals surface area contributed by atoms with E-state index in [0.717, 1.165) is 0 Å². The molecule has 0 bridgehead atoms. The Hall–Kier alpha value is -3.26. The number of hydrogen-bond donors (Lipinski definition) is 1. The molecule has 1 heterocycles. The van der Waals surface area contributed by atoms with Crippen molar-refractivity contribution in [3.63, 3.8) is 0 Å².